The molecular formula is C20H20N4O3. The van der Waals surface area contributed by atoms with Crippen LogP contribution in [0.15, 0.2) is 66.7 Å². The van der Waals surface area contributed by atoms with E-state index in [4.69, 9.17) is 9.47 Å². The van der Waals surface area contributed by atoms with Crippen molar-refractivity contribution < 1.29 is 14.3 Å². The molecule has 1 aromatic heterocycles. The highest BCUT2D eigenvalue weighted by molar-refractivity contribution is 5.92. The lowest BCUT2D eigenvalue weighted by Gasteiger charge is -2.08. The van der Waals surface area contributed by atoms with Gasteiger partial charge in [-0.05, 0) is 48.5 Å². The number of benzene rings is 2. The summed E-state index contributed by atoms with van der Waals surface area (Å²) in [5.41, 5.74) is 1.15. The highest BCUT2D eigenvalue weighted by Gasteiger charge is 2.08. The van der Waals surface area contributed by atoms with E-state index < -0.39 is 0 Å². The van der Waals surface area contributed by atoms with Gasteiger partial charge in [0.05, 0.1) is 13.7 Å². The Hall–Kier alpha value is -3.61. The lowest BCUT2D eigenvalue weighted by molar-refractivity contribution is 0.0941. The molecule has 0 fully saturated rings. The van der Waals surface area contributed by atoms with Crippen molar-refractivity contribution in [1.82, 2.24) is 15.5 Å². The molecule has 3 rings (SSSR count). The van der Waals surface area contributed by atoms with E-state index in [2.05, 4.69) is 20.8 Å². The highest BCUT2D eigenvalue weighted by atomic mass is 16.5. The molecule has 0 radical (unpaired) electrons. The minimum absolute atomic E-state index is 0.248. The number of anilines is 2. The fourth-order valence-corrected chi connectivity index (χ4v) is 2.29. The second kappa shape index (κ2) is 9.19. The molecule has 7 nitrogen and oxygen atoms in total. The third kappa shape index (κ3) is 5.43. The zero-order valence-electron chi connectivity index (χ0n) is 14.9. The number of amides is 1. The Morgan fingerprint density at radius 3 is 2.33 bits per heavy atom. The van der Waals surface area contributed by atoms with Crippen molar-refractivity contribution in [3.05, 3.63) is 72.4 Å². The number of hydrogen-bond donors (Lipinski definition) is 2. The fourth-order valence-electron chi connectivity index (χ4n) is 2.29. The van der Waals surface area contributed by atoms with Crippen molar-refractivity contribution >= 4 is 17.4 Å². The molecule has 0 aliphatic rings. The monoisotopic (exact) mass is 364 g/mol. The Morgan fingerprint density at radius 2 is 1.67 bits per heavy atom. The first-order chi connectivity index (χ1) is 13.2. The Bertz CT molecular complexity index is 853. The van der Waals surface area contributed by atoms with Crippen LogP contribution in [0.25, 0.3) is 0 Å². The first-order valence-corrected chi connectivity index (χ1v) is 8.45. The molecule has 27 heavy (non-hydrogen) atoms. The second-order valence-electron chi connectivity index (χ2n) is 5.57. The number of para-hydroxylation sites is 1. The number of rotatable bonds is 8. The van der Waals surface area contributed by atoms with Crippen molar-refractivity contribution in [3.8, 4) is 11.5 Å². The van der Waals surface area contributed by atoms with Gasteiger partial charge in [-0.25, -0.2) is 0 Å². The summed E-state index contributed by atoms with van der Waals surface area (Å²) < 4.78 is 10.6. The van der Waals surface area contributed by atoms with Crippen LogP contribution in [-0.4, -0.2) is 36.4 Å². The summed E-state index contributed by atoms with van der Waals surface area (Å²) in [5, 5.41) is 13.8. The quantitative estimate of drug-likeness (QED) is 0.598. The smallest absolute Gasteiger partial charge is 0.271 e. The molecular weight excluding hydrogens is 344 g/mol. The molecule has 1 amide bonds. The number of carbonyl (C=O) groups is 1. The van der Waals surface area contributed by atoms with Crippen molar-refractivity contribution in [2.45, 2.75) is 0 Å². The van der Waals surface area contributed by atoms with Crippen LogP contribution in [0.5, 0.6) is 11.5 Å². The molecule has 0 aliphatic heterocycles. The van der Waals surface area contributed by atoms with Gasteiger partial charge in [-0.2, -0.15) is 0 Å². The average molecular weight is 364 g/mol. The van der Waals surface area contributed by atoms with Crippen LogP contribution < -0.4 is 20.1 Å². The molecule has 0 atom stereocenters. The molecule has 138 valence electrons. The van der Waals surface area contributed by atoms with Gasteiger partial charge in [0, 0.05) is 5.69 Å². The number of carbonyl (C=O) groups excluding carboxylic acids is 1. The number of nitrogens with one attached hydrogen (secondary N) is 2. The van der Waals surface area contributed by atoms with Gasteiger partial charge in [0.15, 0.2) is 11.5 Å². The number of methoxy groups -OCH3 is 1. The number of ether oxygens (including phenoxy) is 2. The summed E-state index contributed by atoms with van der Waals surface area (Å²) in [6, 6.07) is 20.2. The van der Waals surface area contributed by atoms with Gasteiger partial charge in [0.25, 0.3) is 5.91 Å². The van der Waals surface area contributed by atoms with E-state index >= 15 is 0 Å². The normalized spacial score (nSPS) is 10.1. The van der Waals surface area contributed by atoms with Crippen molar-refractivity contribution in [2.24, 2.45) is 0 Å². The average Bonchev–Trinajstić information content (AvgIpc) is 2.73. The standard InChI is InChI=1S/C20H20N4O3/c1-26-16-7-9-17(10-8-16)27-14-13-21-20(25)18-11-12-19(24-23-18)22-15-5-3-2-4-6-15/h2-12H,13-14H2,1H3,(H,21,25)(H,22,24). The minimum atomic E-state index is -0.299. The molecule has 2 aromatic carbocycles. The maximum absolute atomic E-state index is 12.1. The summed E-state index contributed by atoms with van der Waals surface area (Å²) >= 11 is 0. The molecule has 0 saturated carbocycles. The van der Waals surface area contributed by atoms with Gasteiger partial charge in [-0.15, -0.1) is 10.2 Å². The van der Waals surface area contributed by atoms with E-state index in [1.54, 1.807) is 19.2 Å². The number of aromatic nitrogens is 2. The van der Waals surface area contributed by atoms with Crippen LogP contribution in [0.1, 0.15) is 10.5 Å². The molecule has 3 aromatic rings. The third-order valence-electron chi connectivity index (χ3n) is 3.66. The predicted molar refractivity (Wildman–Crippen MR) is 103 cm³/mol. The van der Waals surface area contributed by atoms with E-state index in [1.165, 1.54) is 0 Å². The van der Waals surface area contributed by atoms with Gasteiger partial charge >= 0.3 is 0 Å². The first-order valence-electron chi connectivity index (χ1n) is 8.45. The summed E-state index contributed by atoms with van der Waals surface area (Å²) in [4.78, 5) is 12.1. The van der Waals surface area contributed by atoms with Crippen LogP contribution in [0.4, 0.5) is 11.5 Å². The van der Waals surface area contributed by atoms with Crippen LogP contribution >= 0.6 is 0 Å². The van der Waals surface area contributed by atoms with E-state index in [-0.39, 0.29) is 11.6 Å². The van der Waals surface area contributed by atoms with Gasteiger partial charge in [-0.1, -0.05) is 18.2 Å². The van der Waals surface area contributed by atoms with Crippen LogP contribution in [0.2, 0.25) is 0 Å². The molecule has 0 unspecified atom stereocenters. The van der Waals surface area contributed by atoms with Crippen molar-refractivity contribution in [2.75, 3.05) is 25.6 Å². The van der Waals surface area contributed by atoms with E-state index in [0.29, 0.717) is 24.7 Å². The molecule has 0 aliphatic carbocycles. The van der Waals surface area contributed by atoms with Crippen LogP contribution in [0, 0.1) is 0 Å². The van der Waals surface area contributed by atoms with Crippen molar-refractivity contribution in [1.29, 1.82) is 0 Å². The van der Waals surface area contributed by atoms with E-state index in [0.717, 1.165) is 11.4 Å². The Morgan fingerprint density at radius 1 is 0.926 bits per heavy atom. The van der Waals surface area contributed by atoms with Gasteiger partial charge in [0.1, 0.15) is 18.1 Å². The lowest BCUT2D eigenvalue weighted by Crippen LogP contribution is -2.29. The summed E-state index contributed by atoms with van der Waals surface area (Å²) in [7, 11) is 1.61. The first kappa shape index (κ1) is 18.2. The van der Waals surface area contributed by atoms with Crippen molar-refractivity contribution in [3.63, 3.8) is 0 Å². The SMILES string of the molecule is COc1ccc(OCCNC(=O)c2ccc(Nc3ccccc3)nn2)cc1. The third-order valence-corrected chi connectivity index (χ3v) is 3.66. The zero-order valence-corrected chi connectivity index (χ0v) is 14.9. The molecule has 0 saturated heterocycles. The second-order valence-corrected chi connectivity index (χ2v) is 5.57. The maximum Gasteiger partial charge on any atom is 0.271 e. The summed E-state index contributed by atoms with van der Waals surface area (Å²) in [5.74, 6) is 1.74. The molecule has 0 bridgehead atoms. The van der Waals surface area contributed by atoms with Crippen LogP contribution in [0.3, 0.4) is 0 Å². The largest absolute Gasteiger partial charge is 0.497 e. The Labute approximate surface area is 157 Å². The summed E-state index contributed by atoms with van der Waals surface area (Å²) in [6.07, 6.45) is 0. The molecule has 1 heterocycles. The lowest BCUT2D eigenvalue weighted by atomic mass is 10.3. The number of hydrogen-bond acceptors (Lipinski definition) is 6. The highest BCUT2D eigenvalue weighted by Crippen LogP contribution is 2.16. The van der Waals surface area contributed by atoms with Crippen LogP contribution in [-0.2, 0) is 0 Å². The zero-order chi connectivity index (χ0) is 18.9. The van der Waals surface area contributed by atoms with E-state index in [9.17, 15) is 4.79 Å². The van der Waals surface area contributed by atoms with E-state index in [1.807, 2.05) is 54.6 Å². The van der Waals surface area contributed by atoms with Gasteiger partial charge < -0.3 is 20.1 Å². The van der Waals surface area contributed by atoms with Gasteiger partial charge in [-0.3, -0.25) is 4.79 Å². The number of nitrogens with zero attached hydrogens (tertiary/aromatic N) is 2. The predicted octanol–water partition coefficient (Wildman–Crippen LogP) is 3.04. The molecule has 2 N–H and O–H groups in total. The molecule has 0 spiro atoms. The minimum Gasteiger partial charge on any atom is -0.497 e. The maximum atomic E-state index is 12.1. The fraction of sp³-hybridized carbons (Fsp3) is 0.150. The topological polar surface area (TPSA) is 85.4 Å². The Kier molecular flexibility index (Phi) is 6.19. The van der Waals surface area contributed by atoms with Gasteiger partial charge in [0.2, 0.25) is 0 Å². The molecule has 7 heteroatoms. The Balaban J connectivity index is 1.43. The summed E-state index contributed by atoms with van der Waals surface area (Å²) in [6.45, 7) is 0.704.